The minimum atomic E-state index is -0.481. The van der Waals surface area contributed by atoms with Crippen molar-refractivity contribution in [2.24, 2.45) is 0 Å². The van der Waals surface area contributed by atoms with E-state index in [0.29, 0.717) is 24.5 Å². The van der Waals surface area contributed by atoms with Crippen molar-refractivity contribution >= 4 is 29.3 Å². The lowest BCUT2D eigenvalue weighted by Crippen LogP contribution is -2.44. The molecule has 2 N–H and O–H groups in total. The molecule has 1 atom stereocenters. The predicted molar refractivity (Wildman–Crippen MR) is 84.7 cm³/mol. The number of carbonyl (C=O) groups is 2. The molecule has 1 fully saturated rings. The van der Waals surface area contributed by atoms with E-state index in [1.54, 1.807) is 17.8 Å². The molecule has 1 saturated heterocycles. The molecule has 1 aliphatic rings. The van der Waals surface area contributed by atoms with E-state index in [2.05, 4.69) is 10.6 Å². The lowest BCUT2D eigenvalue weighted by atomic mass is 10.2. The molecule has 5 nitrogen and oxygen atoms in total. The summed E-state index contributed by atoms with van der Waals surface area (Å²) in [5.74, 6) is 1.83. The predicted octanol–water partition coefficient (Wildman–Crippen LogP) is 2.04. The number of anilines is 1. The summed E-state index contributed by atoms with van der Waals surface area (Å²) in [6.07, 6.45) is 1.40. The van der Waals surface area contributed by atoms with E-state index in [1.807, 2.05) is 25.1 Å². The van der Waals surface area contributed by atoms with Crippen molar-refractivity contribution in [1.82, 2.24) is 5.32 Å². The number of amides is 2. The molecule has 21 heavy (non-hydrogen) atoms. The first-order chi connectivity index (χ1) is 10.2. The minimum Gasteiger partial charge on any atom is -0.494 e. The Morgan fingerprint density at radius 3 is 3.19 bits per heavy atom. The van der Waals surface area contributed by atoms with Crippen molar-refractivity contribution in [3.63, 3.8) is 0 Å². The SMILES string of the molecule is CCCOc1cccc(NC(=O)[C@H]2CSCCC(=O)N2)c1. The molecule has 6 heteroatoms. The summed E-state index contributed by atoms with van der Waals surface area (Å²) >= 11 is 1.61. The van der Waals surface area contributed by atoms with Gasteiger partial charge in [0.25, 0.3) is 0 Å². The quantitative estimate of drug-likeness (QED) is 0.873. The Labute approximate surface area is 128 Å². The monoisotopic (exact) mass is 308 g/mol. The van der Waals surface area contributed by atoms with E-state index < -0.39 is 6.04 Å². The second-order valence-corrected chi connectivity index (χ2v) is 5.96. The Balaban J connectivity index is 1.96. The number of hydrogen-bond acceptors (Lipinski definition) is 4. The van der Waals surface area contributed by atoms with Crippen LogP contribution in [0.15, 0.2) is 24.3 Å². The van der Waals surface area contributed by atoms with E-state index in [0.717, 1.165) is 17.9 Å². The number of carbonyl (C=O) groups excluding carboxylic acids is 2. The highest BCUT2D eigenvalue weighted by Crippen LogP contribution is 2.18. The van der Waals surface area contributed by atoms with Crippen LogP contribution in [0.1, 0.15) is 19.8 Å². The van der Waals surface area contributed by atoms with Crippen molar-refractivity contribution in [2.45, 2.75) is 25.8 Å². The molecular formula is C15H20N2O3S. The van der Waals surface area contributed by atoms with Gasteiger partial charge in [-0.15, -0.1) is 0 Å². The van der Waals surface area contributed by atoms with Crippen LogP contribution in [0.25, 0.3) is 0 Å². The average molecular weight is 308 g/mol. The molecule has 0 spiro atoms. The molecule has 0 aromatic heterocycles. The van der Waals surface area contributed by atoms with Crippen LogP contribution in [0.4, 0.5) is 5.69 Å². The summed E-state index contributed by atoms with van der Waals surface area (Å²) in [7, 11) is 0. The highest BCUT2D eigenvalue weighted by Gasteiger charge is 2.23. The van der Waals surface area contributed by atoms with Gasteiger partial charge >= 0.3 is 0 Å². The Morgan fingerprint density at radius 2 is 2.38 bits per heavy atom. The van der Waals surface area contributed by atoms with E-state index in [-0.39, 0.29) is 11.8 Å². The normalized spacial score (nSPS) is 18.5. The van der Waals surface area contributed by atoms with Gasteiger partial charge in [-0.25, -0.2) is 0 Å². The van der Waals surface area contributed by atoms with Crippen LogP contribution >= 0.6 is 11.8 Å². The van der Waals surface area contributed by atoms with Gasteiger partial charge in [-0.1, -0.05) is 13.0 Å². The zero-order chi connectivity index (χ0) is 15.1. The Kier molecular flexibility index (Phi) is 5.92. The maximum Gasteiger partial charge on any atom is 0.247 e. The van der Waals surface area contributed by atoms with Crippen LogP contribution in [-0.2, 0) is 9.59 Å². The van der Waals surface area contributed by atoms with E-state index in [4.69, 9.17) is 4.74 Å². The smallest absolute Gasteiger partial charge is 0.247 e. The van der Waals surface area contributed by atoms with Gasteiger partial charge in [-0.05, 0) is 18.6 Å². The number of nitrogens with one attached hydrogen (secondary N) is 2. The molecule has 114 valence electrons. The number of hydrogen-bond donors (Lipinski definition) is 2. The molecule has 0 radical (unpaired) electrons. The van der Waals surface area contributed by atoms with Crippen LogP contribution in [0.5, 0.6) is 5.75 Å². The average Bonchev–Trinajstić information content (AvgIpc) is 2.70. The second kappa shape index (κ2) is 7.93. The van der Waals surface area contributed by atoms with Gasteiger partial charge in [0, 0.05) is 29.7 Å². The van der Waals surface area contributed by atoms with Crippen LogP contribution in [0, 0.1) is 0 Å². The van der Waals surface area contributed by atoms with Gasteiger partial charge in [-0.3, -0.25) is 9.59 Å². The van der Waals surface area contributed by atoms with Gasteiger partial charge in [0.1, 0.15) is 11.8 Å². The third-order valence-electron chi connectivity index (χ3n) is 2.98. The molecule has 0 saturated carbocycles. The largest absolute Gasteiger partial charge is 0.494 e. The molecule has 0 unspecified atom stereocenters. The molecule has 2 rings (SSSR count). The minimum absolute atomic E-state index is 0.0693. The van der Waals surface area contributed by atoms with E-state index in [1.165, 1.54) is 0 Å². The maximum atomic E-state index is 12.2. The van der Waals surface area contributed by atoms with Crippen molar-refractivity contribution < 1.29 is 14.3 Å². The molecule has 0 aliphatic carbocycles. The van der Waals surface area contributed by atoms with Crippen molar-refractivity contribution in [2.75, 3.05) is 23.4 Å². The number of rotatable bonds is 5. The number of ether oxygens (including phenoxy) is 1. The van der Waals surface area contributed by atoms with Crippen LogP contribution < -0.4 is 15.4 Å². The summed E-state index contributed by atoms with van der Waals surface area (Å²) in [5, 5.41) is 5.57. The van der Waals surface area contributed by atoms with Crippen molar-refractivity contribution in [3.05, 3.63) is 24.3 Å². The molecular weight excluding hydrogens is 288 g/mol. The molecule has 0 bridgehead atoms. The fourth-order valence-electron chi connectivity index (χ4n) is 1.93. The third-order valence-corrected chi connectivity index (χ3v) is 4.05. The third kappa shape index (κ3) is 4.97. The first-order valence-corrected chi connectivity index (χ1v) is 8.25. The number of benzene rings is 1. The van der Waals surface area contributed by atoms with Gasteiger partial charge < -0.3 is 15.4 Å². The maximum absolute atomic E-state index is 12.2. The van der Waals surface area contributed by atoms with Gasteiger partial charge in [0.15, 0.2) is 0 Å². The van der Waals surface area contributed by atoms with Crippen LogP contribution in [0.2, 0.25) is 0 Å². The molecule has 1 heterocycles. The lowest BCUT2D eigenvalue weighted by Gasteiger charge is -2.15. The van der Waals surface area contributed by atoms with Crippen LogP contribution in [-0.4, -0.2) is 36.0 Å². The summed E-state index contributed by atoms with van der Waals surface area (Å²) in [6.45, 7) is 2.69. The van der Waals surface area contributed by atoms with Gasteiger partial charge in [0.05, 0.1) is 6.61 Å². The topological polar surface area (TPSA) is 67.4 Å². The summed E-state index contributed by atoms with van der Waals surface area (Å²) in [6, 6.07) is 6.81. The van der Waals surface area contributed by atoms with Crippen molar-refractivity contribution in [3.8, 4) is 5.75 Å². The summed E-state index contributed by atoms with van der Waals surface area (Å²) < 4.78 is 5.53. The Morgan fingerprint density at radius 1 is 1.52 bits per heavy atom. The first-order valence-electron chi connectivity index (χ1n) is 7.10. The standard InChI is InChI=1S/C15H20N2O3S/c1-2-7-20-12-5-3-4-11(9-12)16-15(19)13-10-21-8-6-14(18)17-13/h3-5,9,13H,2,6-8,10H2,1H3,(H,16,19)(H,17,18)/t13-/m1/s1. The van der Waals surface area contributed by atoms with E-state index in [9.17, 15) is 9.59 Å². The summed E-state index contributed by atoms with van der Waals surface area (Å²) in [5.41, 5.74) is 0.678. The summed E-state index contributed by atoms with van der Waals surface area (Å²) in [4.78, 5) is 23.7. The highest BCUT2D eigenvalue weighted by molar-refractivity contribution is 7.99. The Hall–Kier alpha value is -1.69. The van der Waals surface area contributed by atoms with Gasteiger partial charge in [0.2, 0.25) is 11.8 Å². The Bertz CT molecular complexity index is 507. The zero-order valence-electron chi connectivity index (χ0n) is 12.1. The first kappa shape index (κ1) is 15.7. The van der Waals surface area contributed by atoms with E-state index >= 15 is 0 Å². The van der Waals surface area contributed by atoms with Crippen molar-refractivity contribution in [1.29, 1.82) is 0 Å². The molecule has 2 amide bonds. The highest BCUT2D eigenvalue weighted by atomic mass is 32.2. The lowest BCUT2D eigenvalue weighted by molar-refractivity contribution is -0.125. The number of thioether (sulfide) groups is 1. The zero-order valence-corrected chi connectivity index (χ0v) is 12.9. The van der Waals surface area contributed by atoms with Crippen LogP contribution in [0.3, 0.4) is 0 Å². The second-order valence-electron chi connectivity index (χ2n) is 4.81. The fourth-order valence-corrected chi connectivity index (χ4v) is 2.90. The molecule has 1 aliphatic heterocycles. The van der Waals surface area contributed by atoms with Gasteiger partial charge in [-0.2, -0.15) is 11.8 Å². The molecule has 1 aromatic carbocycles. The molecule has 1 aromatic rings. The fraction of sp³-hybridized carbons (Fsp3) is 0.467.